The fourth-order valence-electron chi connectivity index (χ4n) is 2.90. The van der Waals surface area contributed by atoms with Gasteiger partial charge in [-0.3, -0.25) is 0 Å². The van der Waals surface area contributed by atoms with Gasteiger partial charge in [0.25, 0.3) is 0 Å². The molecule has 1 heterocycles. The third kappa shape index (κ3) is 1.28. The SMILES string of the molecule is CCCCCC12CNC(C)C1C2. The van der Waals surface area contributed by atoms with Crippen LogP contribution >= 0.6 is 0 Å². The highest BCUT2D eigenvalue weighted by Gasteiger charge is 2.59. The first-order chi connectivity index (χ1) is 5.78. The molecule has 3 atom stereocenters. The second-order valence-corrected chi connectivity index (χ2v) is 4.80. The van der Waals surface area contributed by atoms with E-state index in [1.807, 2.05) is 0 Å². The fourth-order valence-corrected chi connectivity index (χ4v) is 2.90. The maximum absolute atomic E-state index is 3.59. The van der Waals surface area contributed by atoms with Crippen LogP contribution in [0, 0.1) is 11.3 Å². The van der Waals surface area contributed by atoms with Crippen molar-refractivity contribution in [3.8, 4) is 0 Å². The van der Waals surface area contributed by atoms with E-state index in [0.29, 0.717) is 0 Å². The highest BCUT2D eigenvalue weighted by Crippen LogP contribution is 2.60. The lowest BCUT2D eigenvalue weighted by Gasteiger charge is -2.09. The number of hydrogen-bond acceptors (Lipinski definition) is 1. The predicted molar refractivity (Wildman–Crippen MR) is 52.1 cm³/mol. The molecule has 0 amide bonds. The molecule has 2 aliphatic rings. The van der Waals surface area contributed by atoms with E-state index in [-0.39, 0.29) is 0 Å². The average Bonchev–Trinajstić information content (AvgIpc) is 2.70. The summed E-state index contributed by atoms with van der Waals surface area (Å²) in [6.45, 7) is 5.94. The summed E-state index contributed by atoms with van der Waals surface area (Å²) in [7, 11) is 0. The van der Waals surface area contributed by atoms with Crippen molar-refractivity contribution < 1.29 is 0 Å². The lowest BCUT2D eigenvalue weighted by Crippen LogP contribution is -2.23. The van der Waals surface area contributed by atoms with Crippen molar-refractivity contribution in [3.63, 3.8) is 0 Å². The maximum Gasteiger partial charge on any atom is 0.00732 e. The van der Waals surface area contributed by atoms with E-state index < -0.39 is 0 Å². The second kappa shape index (κ2) is 3.02. The normalized spacial score (nSPS) is 44.5. The molecule has 1 saturated carbocycles. The molecule has 1 saturated heterocycles. The Labute approximate surface area is 75.9 Å². The minimum Gasteiger partial charge on any atom is -0.313 e. The Bertz CT molecular complexity index is 166. The Kier molecular flexibility index (Phi) is 2.16. The molecule has 1 nitrogen and oxygen atoms in total. The molecule has 1 heteroatoms. The third-order valence-corrected chi connectivity index (χ3v) is 3.91. The van der Waals surface area contributed by atoms with Crippen molar-refractivity contribution in [2.45, 2.75) is 52.0 Å². The predicted octanol–water partition coefficient (Wildman–Crippen LogP) is 2.56. The smallest absolute Gasteiger partial charge is 0.00732 e. The quantitative estimate of drug-likeness (QED) is 0.635. The van der Waals surface area contributed by atoms with E-state index in [4.69, 9.17) is 0 Å². The molecule has 2 rings (SSSR count). The van der Waals surface area contributed by atoms with Crippen LogP contribution in [0.15, 0.2) is 0 Å². The van der Waals surface area contributed by atoms with Crippen molar-refractivity contribution >= 4 is 0 Å². The monoisotopic (exact) mass is 167 g/mol. The zero-order chi connectivity index (χ0) is 8.60. The first-order valence-corrected chi connectivity index (χ1v) is 5.52. The first kappa shape index (κ1) is 8.55. The van der Waals surface area contributed by atoms with Crippen LogP contribution < -0.4 is 5.32 Å². The summed E-state index contributed by atoms with van der Waals surface area (Å²) < 4.78 is 0. The summed E-state index contributed by atoms with van der Waals surface area (Å²) >= 11 is 0. The summed E-state index contributed by atoms with van der Waals surface area (Å²) in [5, 5.41) is 3.59. The summed E-state index contributed by atoms with van der Waals surface area (Å²) in [4.78, 5) is 0. The minimum atomic E-state index is 0.772. The van der Waals surface area contributed by atoms with E-state index in [9.17, 15) is 0 Å². The van der Waals surface area contributed by atoms with Crippen molar-refractivity contribution in [3.05, 3.63) is 0 Å². The van der Waals surface area contributed by atoms with Crippen molar-refractivity contribution in [2.24, 2.45) is 11.3 Å². The molecule has 0 aromatic heterocycles. The van der Waals surface area contributed by atoms with Crippen molar-refractivity contribution in [2.75, 3.05) is 6.54 Å². The Morgan fingerprint density at radius 2 is 2.25 bits per heavy atom. The van der Waals surface area contributed by atoms with Gasteiger partial charge < -0.3 is 5.32 Å². The van der Waals surface area contributed by atoms with E-state index in [2.05, 4.69) is 19.2 Å². The molecular weight excluding hydrogens is 146 g/mol. The van der Waals surface area contributed by atoms with E-state index in [0.717, 1.165) is 17.4 Å². The van der Waals surface area contributed by atoms with E-state index >= 15 is 0 Å². The highest BCUT2D eigenvalue weighted by molar-refractivity contribution is 5.12. The zero-order valence-electron chi connectivity index (χ0n) is 8.40. The van der Waals surface area contributed by atoms with Gasteiger partial charge in [0, 0.05) is 12.6 Å². The number of unbranched alkanes of at least 4 members (excludes halogenated alkanes) is 2. The van der Waals surface area contributed by atoms with Crippen molar-refractivity contribution in [1.82, 2.24) is 5.32 Å². The summed E-state index contributed by atoms with van der Waals surface area (Å²) in [5.74, 6) is 1.04. The molecule has 0 aromatic rings. The van der Waals surface area contributed by atoms with Crippen LogP contribution in [0.5, 0.6) is 0 Å². The lowest BCUT2D eigenvalue weighted by molar-refractivity contribution is 0.442. The van der Waals surface area contributed by atoms with Crippen LogP contribution in [-0.4, -0.2) is 12.6 Å². The van der Waals surface area contributed by atoms with Gasteiger partial charge in [-0.15, -0.1) is 0 Å². The molecule has 2 fully saturated rings. The van der Waals surface area contributed by atoms with Gasteiger partial charge in [0.15, 0.2) is 0 Å². The van der Waals surface area contributed by atoms with Gasteiger partial charge in [0.2, 0.25) is 0 Å². The molecule has 1 aliphatic heterocycles. The fraction of sp³-hybridized carbons (Fsp3) is 1.00. The summed E-state index contributed by atoms with van der Waals surface area (Å²) in [5.41, 5.74) is 0.772. The van der Waals surface area contributed by atoms with Crippen LogP contribution in [0.1, 0.15) is 46.0 Å². The Balaban J connectivity index is 1.75. The Morgan fingerprint density at radius 1 is 1.42 bits per heavy atom. The third-order valence-electron chi connectivity index (χ3n) is 3.91. The Morgan fingerprint density at radius 3 is 2.75 bits per heavy atom. The number of fused-ring (bicyclic) bond motifs is 1. The van der Waals surface area contributed by atoms with Gasteiger partial charge in [0.1, 0.15) is 0 Å². The molecule has 12 heavy (non-hydrogen) atoms. The molecule has 0 radical (unpaired) electrons. The first-order valence-electron chi connectivity index (χ1n) is 5.52. The number of nitrogens with one attached hydrogen (secondary N) is 1. The molecule has 0 aromatic carbocycles. The molecule has 0 bridgehead atoms. The number of rotatable bonds is 4. The van der Waals surface area contributed by atoms with Crippen LogP contribution in [0.25, 0.3) is 0 Å². The van der Waals surface area contributed by atoms with Gasteiger partial charge in [-0.1, -0.05) is 26.2 Å². The van der Waals surface area contributed by atoms with Crippen molar-refractivity contribution in [1.29, 1.82) is 0 Å². The zero-order valence-corrected chi connectivity index (χ0v) is 8.40. The van der Waals surface area contributed by atoms with Gasteiger partial charge in [-0.25, -0.2) is 0 Å². The number of piperidine rings is 1. The van der Waals surface area contributed by atoms with Crippen LogP contribution in [-0.2, 0) is 0 Å². The molecule has 70 valence electrons. The summed E-state index contributed by atoms with van der Waals surface area (Å²) in [6.07, 6.45) is 7.27. The number of hydrogen-bond donors (Lipinski definition) is 1. The largest absolute Gasteiger partial charge is 0.313 e. The molecule has 3 unspecified atom stereocenters. The topological polar surface area (TPSA) is 12.0 Å². The van der Waals surface area contributed by atoms with Crippen LogP contribution in [0.3, 0.4) is 0 Å². The van der Waals surface area contributed by atoms with Crippen LogP contribution in [0.2, 0.25) is 0 Å². The van der Waals surface area contributed by atoms with Gasteiger partial charge in [-0.05, 0) is 31.1 Å². The molecular formula is C11H21N. The minimum absolute atomic E-state index is 0.772. The van der Waals surface area contributed by atoms with E-state index in [1.54, 1.807) is 0 Å². The second-order valence-electron chi connectivity index (χ2n) is 4.80. The van der Waals surface area contributed by atoms with Gasteiger partial charge in [-0.2, -0.15) is 0 Å². The highest BCUT2D eigenvalue weighted by atomic mass is 15.0. The van der Waals surface area contributed by atoms with Crippen LogP contribution in [0.4, 0.5) is 0 Å². The standard InChI is InChI=1S/C11H21N/c1-3-4-5-6-11-7-10(11)9(2)12-8-11/h9-10,12H,3-8H2,1-2H3. The summed E-state index contributed by atoms with van der Waals surface area (Å²) in [6, 6.07) is 0.812. The maximum atomic E-state index is 3.59. The average molecular weight is 167 g/mol. The van der Waals surface area contributed by atoms with Gasteiger partial charge in [0.05, 0.1) is 0 Å². The molecule has 1 aliphatic carbocycles. The van der Waals surface area contributed by atoms with Gasteiger partial charge >= 0.3 is 0 Å². The molecule has 1 N–H and O–H groups in total. The lowest BCUT2D eigenvalue weighted by atomic mass is 9.97. The molecule has 0 spiro atoms. The Hall–Kier alpha value is -0.0400. The van der Waals surface area contributed by atoms with E-state index in [1.165, 1.54) is 38.6 Å².